The van der Waals surface area contributed by atoms with E-state index in [9.17, 15) is 9.59 Å². The summed E-state index contributed by atoms with van der Waals surface area (Å²) in [6.45, 7) is 5.97. The van der Waals surface area contributed by atoms with Gasteiger partial charge in [-0.3, -0.25) is 14.2 Å². The molecule has 0 atom stereocenters. The zero-order valence-electron chi connectivity index (χ0n) is 16.9. The highest BCUT2D eigenvalue weighted by Gasteiger charge is 2.21. The molecule has 2 heterocycles. The average Bonchev–Trinajstić information content (AvgIpc) is 3.29. The van der Waals surface area contributed by atoms with E-state index in [1.807, 2.05) is 45.0 Å². The van der Waals surface area contributed by atoms with Crippen LogP contribution in [0.4, 0.5) is 0 Å². The minimum atomic E-state index is -0.0650. The first-order valence-electron chi connectivity index (χ1n) is 9.96. The fraction of sp³-hybridized carbons (Fsp3) is 0.409. The second kappa shape index (κ2) is 8.32. The lowest BCUT2D eigenvalue weighted by molar-refractivity contribution is -0.119. The molecule has 0 bridgehead atoms. The molecule has 0 spiro atoms. The first kappa shape index (κ1) is 20.2. The van der Waals surface area contributed by atoms with Crippen molar-refractivity contribution in [2.45, 2.75) is 57.7 Å². The van der Waals surface area contributed by atoms with Crippen LogP contribution in [0.5, 0.6) is 0 Å². The number of para-hydroxylation sites is 1. The van der Waals surface area contributed by atoms with Crippen LogP contribution >= 0.6 is 23.1 Å². The minimum Gasteiger partial charge on any atom is -0.353 e. The summed E-state index contributed by atoms with van der Waals surface area (Å²) in [6, 6.07) is 8.09. The van der Waals surface area contributed by atoms with Crippen molar-refractivity contribution < 1.29 is 4.79 Å². The predicted molar refractivity (Wildman–Crippen MR) is 121 cm³/mol. The molecule has 152 valence electrons. The van der Waals surface area contributed by atoms with Crippen molar-refractivity contribution in [3.8, 4) is 5.69 Å². The molecule has 1 saturated carbocycles. The number of hydrogen-bond donors (Lipinski definition) is 1. The Morgan fingerprint density at radius 3 is 2.69 bits per heavy atom. The van der Waals surface area contributed by atoms with E-state index >= 15 is 0 Å². The number of nitrogens with zero attached hydrogens (tertiary/aromatic N) is 2. The maximum absolute atomic E-state index is 13.5. The zero-order chi connectivity index (χ0) is 20.5. The van der Waals surface area contributed by atoms with E-state index in [2.05, 4.69) is 5.32 Å². The number of thioether (sulfide) groups is 1. The van der Waals surface area contributed by atoms with E-state index in [0.29, 0.717) is 16.6 Å². The van der Waals surface area contributed by atoms with Crippen molar-refractivity contribution >= 4 is 39.2 Å². The first-order chi connectivity index (χ1) is 14.0. The maximum atomic E-state index is 13.5. The van der Waals surface area contributed by atoms with Gasteiger partial charge < -0.3 is 5.32 Å². The van der Waals surface area contributed by atoms with Gasteiger partial charge in [0.05, 0.1) is 16.8 Å². The quantitative estimate of drug-likeness (QED) is 0.480. The van der Waals surface area contributed by atoms with Gasteiger partial charge in [0, 0.05) is 10.9 Å². The number of aromatic nitrogens is 2. The van der Waals surface area contributed by atoms with E-state index < -0.39 is 0 Å². The lowest BCUT2D eigenvalue weighted by Crippen LogP contribution is -2.34. The normalized spacial score (nSPS) is 14.6. The van der Waals surface area contributed by atoms with Gasteiger partial charge >= 0.3 is 0 Å². The molecule has 3 aromatic rings. The number of carbonyl (C=O) groups is 1. The highest BCUT2D eigenvalue weighted by Crippen LogP contribution is 2.30. The number of amides is 1. The molecule has 0 aliphatic heterocycles. The molecule has 2 aromatic heterocycles. The number of carbonyl (C=O) groups excluding carboxylic acids is 1. The van der Waals surface area contributed by atoms with Crippen molar-refractivity contribution in [3.63, 3.8) is 0 Å². The number of hydrogen-bond acceptors (Lipinski definition) is 5. The molecule has 1 fully saturated rings. The second-order valence-corrected chi connectivity index (χ2v) is 9.77. The minimum absolute atomic E-state index is 0.00567. The van der Waals surface area contributed by atoms with Gasteiger partial charge in [-0.2, -0.15) is 0 Å². The van der Waals surface area contributed by atoms with Crippen LogP contribution in [0.25, 0.3) is 15.9 Å². The molecule has 29 heavy (non-hydrogen) atoms. The molecule has 1 aliphatic carbocycles. The Bertz CT molecular complexity index is 1130. The summed E-state index contributed by atoms with van der Waals surface area (Å²) in [4.78, 5) is 32.6. The summed E-state index contributed by atoms with van der Waals surface area (Å²) in [5.74, 6) is 0.259. The van der Waals surface area contributed by atoms with E-state index in [0.717, 1.165) is 39.4 Å². The number of rotatable bonds is 5. The van der Waals surface area contributed by atoms with Crippen LogP contribution in [0.2, 0.25) is 0 Å². The molecule has 4 rings (SSSR count). The van der Waals surface area contributed by atoms with Crippen LogP contribution in [-0.2, 0) is 4.79 Å². The largest absolute Gasteiger partial charge is 0.353 e. The van der Waals surface area contributed by atoms with Gasteiger partial charge in [-0.1, -0.05) is 42.8 Å². The lowest BCUT2D eigenvalue weighted by Gasteiger charge is -2.15. The Kier molecular flexibility index (Phi) is 5.79. The van der Waals surface area contributed by atoms with Crippen molar-refractivity contribution in [1.29, 1.82) is 0 Å². The van der Waals surface area contributed by atoms with E-state index in [-0.39, 0.29) is 17.2 Å². The van der Waals surface area contributed by atoms with Crippen molar-refractivity contribution in [3.05, 3.63) is 50.6 Å². The molecule has 5 nitrogen and oxygen atoms in total. The summed E-state index contributed by atoms with van der Waals surface area (Å²) in [7, 11) is 0. The molecule has 0 unspecified atom stereocenters. The van der Waals surface area contributed by atoms with Gasteiger partial charge in [-0.15, -0.1) is 11.3 Å². The van der Waals surface area contributed by atoms with Crippen LogP contribution in [0, 0.1) is 20.8 Å². The van der Waals surface area contributed by atoms with Crippen LogP contribution in [-0.4, -0.2) is 27.3 Å². The van der Waals surface area contributed by atoms with Gasteiger partial charge in [0.1, 0.15) is 4.83 Å². The van der Waals surface area contributed by atoms with Crippen LogP contribution < -0.4 is 10.9 Å². The summed E-state index contributed by atoms with van der Waals surface area (Å²) in [5, 5.41) is 4.36. The van der Waals surface area contributed by atoms with Gasteiger partial charge in [0.2, 0.25) is 5.91 Å². The fourth-order valence-corrected chi connectivity index (χ4v) is 5.76. The summed E-state index contributed by atoms with van der Waals surface area (Å²) in [5.41, 5.74) is 2.73. The third-order valence-corrected chi connectivity index (χ3v) is 7.62. The fourth-order valence-electron chi connectivity index (χ4n) is 3.87. The van der Waals surface area contributed by atoms with Gasteiger partial charge in [-0.25, -0.2) is 4.98 Å². The Morgan fingerprint density at radius 1 is 1.24 bits per heavy atom. The summed E-state index contributed by atoms with van der Waals surface area (Å²) >= 11 is 2.87. The lowest BCUT2D eigenvalue weighted by atomic mass is 10.2. The van der Waals surface area contributed by atoms with Crippen molar-refractivity contribution in [2.75, 3.05) is 5.75 Å². The Balaban J connectivity index is 1.73. The molecule has 1 aliphatic rings. The highest BCUT2D eigenvalue weighted by molar-refractivity contribution is 7.99. The van der Waals surface area contributed by atoms with Gasteiger partial charge in [0.25, 0.3) is 5.56 Å². The molecule has 0 saturated heterocycles. The topological polar surface area (TPSA) is 64.0 Å². The summed E-state index contributed by atoms with van der Waals surface area (Å²) in [6.07, 6.45) is 4.48. The molecule has 1 aromatic carbocycles. The number of aryl methyl sites for hydroxylation is 3. The van der Waals surface area contributed by atoms with E-state index in [4.69, 9.17) is 4.98 Å². The predicted octanol–water partition coefficient (Wildman–Crippen LogP) is 4.52. The molecule has 1 N–H and O–H groups in total. The molecular weight excluding hydrogens is 402 g/mol. The van der Waals surface area contributed by atoms with Gasteiger partial charge in [0.15, 0.2) is 5.16 Å². The average molecular weight is 428 g/mol. The zero-order valence-corrected chi connectivity index (χ0v) is 18.6. The standard InChI is InChI=1S/C22H25N3O2S2/c1-13-8-4-7-11-17(13)25-21(27)19-14(2)15(3)29-20(19)24-22(25)28-12-18(26)23-16-9-5-6-10-16/h4,7-8,11,16H,5-6,9-10,12H2,1-3H3,(H,23,26). The molecule has 1 amide bonds. The van der Waals surface area contributed by atoms with E-state index in [1.54, 1.807) is 4.57 Å². The maximum Gasteiger partial charge on any atom is 0.267 e. The van der Waals surface area contributed by atoms with Crippen LogP contribution in [0.3, 0.4) is 0 Å². The Morgan fingerprint density at radius 2 is 1.97 bits per heavy atom. The van der Waals surface area contributed by atoms with Crippen LogP contribution in [0.15, 0.2) is 34.2 Å². The molecular formula is C22H25N3O2S2. The highest BCUT2D eigenvalue weighted by atomic mass is 32.2. The van der Waals surface area contributed by atoms with E-state index in [1.165, 1.54) is 35.9 Å². The summed E-state index contributed by atoms with van der Waals surface area (Å²) < 4.78 is 1.67. The number of nitrogens with one attached hydrogen (secondary N) is 1. The molecule has 0 radical (unpaired) electrons. The Labute approximate surface area is 178 Å². The number of benzene rings is 1. The van der Waals surface area contributed by atoms with Crippen molar-refractivity contribution in [2.24, 2.45) is 0 Å². The third-order valence-electron chi connectivity index (χ3n) is 5.58. The molecule has 7 heteroatoms. The smallest absolute Gasteiger partial charge is 0.267 e. The van der Waals surface area contributed by atoms with Gasteiger partial charge in [-0.05, 0) is 50.8 Å². The monoisotopic (exact) mass is 427 g/mol. The SMILES string of the molecule is Cc1ccccc1-n1c(SCC(=O)NC2CCCC2)nc2sc(C)c(C)c2c1=O. The third kappa shape index (κ3) is 3.98. The van der Waals surface area contributed by atoms with Crippen LogP contribution in [0.1, 0.15) is 41.7 Å². The second-order valence-electron chi connectivity index (χ2n) is 7.62. The number of thiophene rings is 1. The Hall–Kier alpha value is -2.12. The number of fused-ring (bicyclic) bond motifs is 1. The van der Waals surface area contributed by atoms with Crippen molar-refractivity contribution in [1.82, 2.24) is 14.9 Å². The first-order valence-corrected chi connectivity index (χ1v) is 11.8.